The van der Waals surface area contributed by atoms with Crippen molar-refractivity contribution in [3.8, 4) is 0 Å². The zero-order valence-electron chi connectivity index (χ0n) is 13.3. The quantitative estimate of drug-likeness (QED) is 0.806. The Kier molecular flexibility index (Phi) is 4.73. The Labute approximate surface area is 127 Å². The zero-order chi connectivity index (χ0) is 14.7. The first-order chi connectivity index (χ1) is 10.3. The summed E-state index contributed by atoms with van der Waals surface area (Å²) >= 11 is 0. The average Bonchev–Trinajstić information content (AvgIpc) is 3.37. The van der Waals surface area contributed by atoms with E-state index in [1.54, 1.807) is 0 Å². The summed E-state index contributed by atoms with van der Waals surface area (Å²) < 4.78 is 6.31. The van der Waals surface area contributed by atoms with Gasteiger partial charge in [-0.3, -0.25) is 0 Å². The highest BCUT2D eigenvalue weighted by Crippen LogP contribution is 2.37. The van der Waals surface area contributed by atoms with Gasteiger partial charge in [-0.25, -0.2) is 9.97 Å². The van der Waals surface area contributed by atoms with Gasteiger partial charge in [0.15, 0.2) is 0 Å². The molecule has 2 heterocycles. The van der Waals surface area contributed by atoms with E-state index in [0.29, 0.717) is 12.2 Å². The van der Waals surface area contributed by atoms with Crippen molar-refractivity contribution in [3.05, 3.63) is 18.0 Å². The van der Waals surface area contributed by atoms with Crippen molar-refractivity contribution >= 4 is 5.95 Å². The van der Waals surface area contributed by atoms with E-state index >= 15 is 0 Å². The first kappa shape index (κ1) is 14.8. The van der Waals surface area contributed by atoms with Crippen molar-refractivity contribution in [2.45, 2.75) is 64.6 Å². The second-order valence-electron chi connectivity index (χ2n) is 6.43. The fourth-order valence-corrected chi connectivity index (χ4v) is 3.05. The maximum Gasteiger partial charge on any atom is 0.225 e. The van der Waals surface area contributed by atoms with Gasteiger partial charge in [0.05, 0.1) is 12.2 Å². The molecule has 1 aromatic heterocycles. The molecule has 0 N–H and O–H groups in total. The maximum absolute atomic E-state index is 6.31. The Morgan fingerprint density at radius 1 is 1.19 bits per heavy atom. The molecule has 1 aliphatic carbocycles. The number of rotatable bonds is 6. The Morgan fingerprint density at radius 2 is 1.95 bits per heavy atom. The van der Waals surface area contributed by atoms with E-state index in [-0.39, 0.29) is 0 Å². The second kappa shape index (κ2) is 6.73. The van der Waals surface area contributed by atoms with Gasteiger partial charge in [-0.05, 0) is 37.2 Å². The maximum atomic E-state index is 6.31. The summed E-state index contributed by atoms with van der Waals surface area (Å²) in [6.45, 7) is 6.27. The third-order valence-electron chi connectivity index (χ3n) is 4.60. The van der Waals surface area contributed by atoms with Gasteiger partial charge in [-0.15, -0.1) is 0 Å². The zero-order valence-corrected chi connectivity index (χ0v) is 13.3. The topological polar surface area (TPSA) is 38.2 Å². The number of unbranched alkanes of at least 4 members (excludes halogenated alkanes) is 1. The molecule has 4 nitrogen and oxygen atoms in total. The van der Waals surface area contributed by atoms with E-state index in [0.717, 1.165) is 37.8 Å². The van der Waals surface area contributed by atoms with Crippen LogP contribution in [0.5, 0.6) is 0 Å². The van der Waals surface area contributed by atoms with Crippen LogP contribution in [0.15, 0.2) is 12.4 Å². The number of aryl methyl sites for hydroxylation is 1. The SMILES string of the molecule is CCCC[C@@H]1CN(c2ncc(CC)cn2)C[C@H](C2CC2)O1. The van der Waals surface area contributed by atoms with Gasteiger partial charge < -0.3 is 9.64 Å². The predicted molar refractivity (Wildman–Crippen MR) is 84.5 cm³/mol. The van der Waals surface area contributed by atoms with E-state index in [2.05, 4.69) is 28.7 Å². The lowest BCUT2D eigenvalue weighted by molar-refractivity contribution is -0.0414. The first-order valence-corrected chi connectivity index (χ1v) is 8.51. The van der Waals surface area contributed by atoms with E-state index < -0.39 is 0 Å². The van der Waals surface area contributed by atoms with Gasteiger partial charge in [0.1, 0.15) is 0 Å². The lowest BCUT2D eigenvalue weighted by Crippen LogP contribution is -2.49. The minimum absolute atomic E-state index is 0.346. The Morgan fingerprint density at radius 3 is 2.57 bits per heavy atom. The largest absolute Gasteiger partial charge is 0.371 e. The number of ether oxygens (including phenoxy) is 1. The standard InChI is InChI=1S/C17H27N3O/c1-3-5-6-15-11-20(12-16(21-15)14-7-8-14)17-18-9-13(4-2)10-19-17/h9-10,14-16H,3-8,11-12H2,1-2H3/t15-,16-/m1/s1. The Balaban J connectivity index is 1.69. The Bertz CT molecular complexity index is 444. The molecular formula is C17H27N3O. The van der Waals surface area contributed by atoms with Crippen molar-refractivity contribution in [2.24, 2.45) is 5.92 Å². The van der Waals surface area contributed by atoms with E-state index in [9.17, 15) is 0 Å². The fraction of sp³-hybridized carbons (Fsp3) is 0.765. The summed E-state index contributed by atoms with van der Waals surface area (Å²) in [7, 11) is 0. The number of nitrogens with zero attached hydrogens (tertiary/aromatic N) is 3. The molecule has 1 saturated heterocycles. The molecule has 116 valence electrons. The third kappa shape index (κ3) is 3.73. The molecule has 0 spiro atoms. The Hall–Kier alpha value is -1.16. The average molecular weight is 289 g/mol. The molecule has 21 heavy (non-hydrogen) atoms. The van der Waals surface area contributed by atoms with Crippen LogP contribution in [0.25, 0.3) is 0 Å². The molecule has 0 unspecified atom stereocenters. The molecule has 2 atom stereocenters. The molecule has 1 aliphatic heterocycles. The summed E-state index contributed by atoms with van der Waals surface area (Å²) in [4.78, 5) is 11.5. The first-order valence-electron chi connectivity index (χ1n) is 8.51. The number of hydrogen-bond acceptors (Lipinski definition) is 4. The molecule has 0 amide bonds. The molecule has 2 aliphatic rings. The molecule has 0 aromatic carbocycles. The monoisotopic (exact) mass is 289 g/mol. The highest BCUT2D eigenvalue weighted by atomic mass is 16.5. The van der Waals surface area contributed by atoms with Crippen LogP contribution in [0.1, 0.15) is 51.5 Å². The van der Waals surface area contributed by atoms with Gasteiger partial charge in [0, 0.05) is 25.5 Å². The highest BCUT2D eigenvalue weighted by Gasteiger charge is 2.38. The van der Waals surface area contributed by atoms with Crippen LogP contribution in [0.2, 0.25) is 0 Å². The summed E-state index contributed by atoms with van der Waals surface area (Å²) in [5, 5.41) is 0. The van der Waals surface area contributed by atoms with E-state index in [1.165, 1.54) is 31.2 Å². The molecule has 4 heteroatoms. The van der Waals surface area contributed by atoms with Crippen molar-refractivity contribution < 1.29 is 4.74 Å². The van der Waals surface area contributed by atoms with Crippen LogP contribution in [0, 0.1) is 5.92 Å². The molecular weight excluding hydrogens is 262 g/mol. The highest BCUT2D eigenvalue weighted by molar-refractivity contribution is 5.31. The molecule has 0 radical (unpaired) electrons. The van der Waals surface area contributed by atoms with Crippen LogP contribution in [0.4, 0.5) is 5.95 Å². The molecule has 2 fully saturated rings. The summed E-state index contributed by atoms with van der Waals surface area (Å²) in [6, 6.07) is 0. The minimum Gasteiger partial charge on any atom is -0.371 e. The van der Waals surface area contributed by atoms with Crippen LogP contribution in [0.3, 0.4) is 0 Å². The van der Waals surface area contributed by atoms with Crippen LogP contribution in [-0.2, 0) is 11.2 Å². The van der Waals surface area contributed by atoms with Crippen molar-refractivity contribution in [1.29, 1.82) is 0 Å². The van der Waals surface area contributed by atoms with Crippen LogP contribution < -0.4 is 4.90 Å². The van der Waals surface area contributed by atoms with Crippen molar-refractivity contribution in [2.75, 3.05) is 18.0 Å². The summed E-state index contributed by atoms with van der Waals surface area (Å²) in [5.41, 5.74) is 1.20. The van der Waals surface area contributed by atoms with Gasteiger partial charge >= 0.3 is 0 Å². The fourth-order valence-electron chi connectivity index (χ4n) is 3.05. The number of hydrogen-bond donors (Lipinski definition) is 0. The minimum atomic E-state index is 0.346. The lowest BCUT2D eigenvalue weighted by Gasteiger charge is -2.38. The third-order valence-corrected chi connectivity index (χ3v) is 4.60. The predicted octanol–water partition coefficient (Wildman–Crippen LogP) is 3.21. The van der Waals surface area contributed by atoms with Gasteiger partial charge in [0.25, 0.3) is 0 Å². The summed E-state index contributed by atoms with van der Waals surface area (Å²) in [6.07, 6.45) is 11.9. The van der Waals surface area contributed by atoms with Crippen LogP contribution >= 0.6 is 0 Å². The number of morpholine rings is 1. The van der Waals surface area contributed by atoms with Crippen molar-refractivity contribution in [1.82, 2.24) is 9.97 Å². The van der Waals surface area contributed by atoms with Crippen LogP contribution in [-0.4, -0.2) is 35.3 Å². The molecule has 3 rings (SSSR count). The smallest absolute Gasteiger partial charge is 0.225 e. The number of anilines is 1. The summed E-state index contributed by atoms with van der Waals surface area (Å²) in [5.74, 6) is 1.65. The molecule has 0 bridgehead atoms. The lowest BCUT2D eigenvalue weighted by atomic mass is 10.1. The molecule has 1 aromatic rings. The van der Waals surface area contributed by atoms with Gasteiger partial charge in [-0.2, -0.15) is 0 Å². The second-order valence-corrected chi connectivity index (χ2v) is 6.43. The van der Waals surface area contributed by atoms with Crippen molar-refractivity contribution in [3.63, 3.8) is 0 Å². The number of aromatic nitrogens is 2. The van der Waals surface area contributed by atoms with E-state index in [4.69, 9.17) is 4.74 Å². The van der Waals surface area contributed by atoms with E-state index in [1.807, 2.05) is 12.4 Å². The van der Waals surface area contributed by atoms with Gasteiger partial charge in [0.2, 0.25) is 5.95 Å². The molecule has 1 saturated carbocycles. The van der Waals surface area contributed by atoms with Gasteiger partial charge in [-0.1, -0.05) is 26.7 Å². The normalized spacial score (nSPS) is 26.1.